The van der Waals surface area contributed by atoms with Crippen LogP contribution in [0.5, 0.6) is 0 Å². The highest BCUT2D eigenvalue weighted by atomic mass is 79.9. The zero-order valence-electron chi connectivity index (χ0n) is 6.25. The van der Waals surface area contributed by atoms with E-state index in [2.05, 4.69) is 22.0 Å². The summed E-state index contributed by atoms with van der Waals surface area (Å²) in [5.41, 5.74) is 7.03. The van der Waals surface area contributed by atoms with Crippen molar-refractivity contribution in [1.82, 2.24) is 0 Å². The Balaban J connectivity index is 0.00000121. The van der Waals surface area contributed by atoms with E-state index in [1.165, 1.54) is 0 Å². The molecule has 64 valence electrons. The van der Waals surface area contributed by atoms with E-state index in [1.807, 2.05) is 12.1 Å². The Kier molecular flexibility index (Phi) is 4.91. The van der Waals surface area contributed by atoms with Crippen LogP contribution in [-0.4, -0.2) is 0 Å². The van der Waals surface area contributed by atoms with E-state index in [9.17, 15) is 0 Å². The van der Waals surface area contributed by atoms with E-state index in [0.29, 0.717) is 12.1 Å². The number of halogens is 2. The predicted molar refractivity (Wildman–Crippen MR) is 54.0 cm³/mol. The summed E-state index contributed by atoms with van der Waals surface area (Å²) in [5, 5.41) is 8.62. The van der Waals surface area contributed by atoms with Crippen LogP contribution in [-0.2, 0) is 6.54 Å². The van der Waals surface area contributed by atoms with Gasteiger partial charge in [0.05, 0.1) is 5.56 Å². The highest BCUT2D eigenvalue weighted by Crippen LogP contribution is 2.20. The highest BCUT2D eigenvalue weighted by Gasteiger charge is 2.01. The van der Waals surface area contributed by atoms with Crippen LogP contribution in [0.2, 0.25) is 0 Å². The summed E-state index contributed by atoms with van der Waals surface area (Å²) < 4.78 is 0.810. The van der Waals surface area contributed by atoms with Gasteiger partial charge in [-0.15, -0.1) is 12.4 Å². The minimum atomic E-state index is 0. The van der Waals surface area contributed by atoms with E-state index in [-0.39, 0.29) is 12.4 Å². The summed E-state index contributed by atoms with van der Waals surface area (Å²) in [6, 6.07) is 7.54. The van der Waals surface area contributed by atoms with E-state index >= 15 is 0 Å². The molecule has 0 aliphatic carbocycles. The Labute approximate surface area is 85.9 Å². The molecule has 2 nitrogen and oxygen atoms in total. The van der Waals surface area contributed by atoms with Gasteiger partial charge in [-0.1, -0.05) is 12.1 Å². The molecule has 0 fully saturated rings. The number of nitrogens with two attached hydrogens (primary N) is 1. The Morgan fingerprint density at radius 3 is 2.67 bits per heavy atom. The standard InChI is InChI=1S/C8H7BrN2.ClH/c9-8-6(4-10)2-1-3-7(8)5-11;/h1-3H,4,10H2;1H. The van der Waals surface area contributed by atoms with Crippen molar-refractivity contribution < 1.29 is 0 Å². The normalized spacial score (nSPS) is 8.42. The molecule has 0 atom stereocenters. The lowest BCUT2D eigenvalue weighted by molar-refractivity contribution is 1.06. The molecular weight excluding hydrogens is 239 g/mol. The topological polar surface area (TPSA) is 49.8 Å². The number of hydrogen-bond acceptors (Lipinski definition) is 2. The zero-order chi connectivity index (χ0) is 8.27. The van der Waals surface area contributed by atoms with Crippen molar-refractivity contribution in [3.05, 3.63) is 33.8 Å². The van der Waals surface area contributed by atoms with Crippen molar-refractivity contribution in [2.24, 2.45) is 5.73 Å². The van der Waals surface area contributed by atoms with E-state index in [1.54, 1.807) is 6.07 Å². The van der Waals surface area contributed by atoms with Gasteiger partial charge >= 0.3 is 0 Å². The molecule has 1 aromatic rings. The Bertz CT molecular complexity index is 306. The summed E-state index contributed by atoms with van der Waals surface area (Å²) in [6.07, 6.45) is 0. The number of rotatable bonds is 1. The van der Waals surface area contributed by atoms with E-state index < -0.39 is 0 Å². The van der Waals surface area contributed by atoms with Gasteiger partial charge in [-0.25, -0.2) is 0 Å². The van der Waals surface area contributed by atoms with Crippen molar-refractivity contribution in [1.29, 1.82) is 5.26 Å². The second-order valence-electron chi connectivity index (χ2n) is 2.09. The third-order valence-electron chi connectivity index (χ3n) is 1.42. The molecule has 1 aromatic carbocycles. The van der Waals surface area contributed by atoms with Crippen LogP contribution >= 0.6 is 28.3 Å². The van der Waals surface area contributed by atoms with Crippen molar-refractivity contribution in [2.45, 2.75) is 6.54 Å². The summed E-state index contributed by atoms with van der Waals surface area (Å²) in [7, 11) is 0. The zero-order valence-corrected chi connectivity index (χ0v) is 8.65. The van der Waals surface area contributed by atoms with Crippen LogP contribution in [0.3, 0.4) is 0 Å². The summed E-state index contributed by atoms with van der Waals surface area (Å²) >= 11 is 3.30. The van der Waals surface area contributed by atoms with Gasteiger partial charge < -0.3 is 5.73 Å². The SMILES string of the molecule is Cl.N#Cc1cccc(CN)c1Br. The van der Waals surface area contributed by atoms with Crippen molar-refractivity contribution >= 4 is 28.3 Å². The first kappa shape index (κ1) is 11.4. The maximum absolute atomic E-state index is 8.62. The Morgan fingerprint density at radius 2 is 2.17 bits per heavy atom. The first-order valence-electron chi connectivity index (χ1n) is 3.17. The van der Waals surface area contributed by atoms with Crippen molar-refractivity contribution in [3.63, 3.8) is 0 Å². The average molecular weight is 248 g/mol. The molecule has 0 amide bonds. The molecule has 0 aliphatic heterocycles. The largest absolute Gasteiger partial charge is 0.326 e. The number of benzene rings is 1. The number of nitriles is 1. The molecule has 0 radical (unpaired) electrons. The quantitative estimate of drug-likeness (QED) is 0.827. The van der Waals surface area contributed by atoms with Gasteiger partial charge in [0.25, 0.3) is 0 Å². The molecule has 0 unspecified atom stereocenters. The van der Waals surface area contributed by atoms with Gasteiger partial charge in [0.15, 0.2) is 0 Å². The summed E-state index contributed by atoms with van der Waals surface area (Å²) in [6.45, 7) is 0.454. The molecule has 0 heterocycles. The minimum absolute atomic E-state index is 0. The lowest BCUT2D eigenvalue weighted by Gasteiger charge is -2.00. The summed E-state index contributed by atoms with van der Waals surface area (Å²) in [4.78, 5) is 0. The van der Waals surface area contributed by atoms with Crippen LogP contribution in [0.1, 0.15) is 11.1 Å². The van der Waals surface area contributed by atoms with Crippen LogP contribution in [0, 0.1) is 11.3 Å². The third kappa shape index (κ3) is 2.21. The Morgan fingerprint density at radius 1 is 1.50 bits per heavy atom. The van der Waals surface area contributed by atoms with Crippen LogP contribution in [0.15, 0.2) is 22.7 Å². The molecular formula is C8H8BrClN2. The second-order valence-corrected chi connectivity index (χ2v) is 2.89. The van der Waals surface area contributed by atoms with Crippen LogP contribution in [0.4, 0.5) is 0 Å². The highest BCUT2D eigenvalue weighted by molar-refractivity contribution is 9.10. The Hall–Kier alpha value is -0.560. The fourth-order valence-corrected chi connectivity index (χ4v) is 1.34. The minimum Gasteiger partial charge on any atom is -0.326 e. The molecule has 4 heteroatoms. The number of hydrogen-bond donors (Lipinski definition) is 1. The van der Waals surface area contributed by atoms with Gasteiger partial charge in [0.1, 0.15) is 6.07 Å². The fourth-order valence-electron chi connectivity index (χ4n) is 0.824. The first-order chi connectivity index (χ1) is 5.29. The van der Waals surface area contributed by atoms with Crippen molar-refractivity contribution in [3.8, 4) is 6.07 Å². The second kappa shape index (κ2) is 5.15. The first-order valence-corrected chi connectivity index (χ1v) is 3.96. The van der Waals surface area contributed by atoms with Gasteiger partial charge in [-0.3, -0.25) is 0 Å². The molecule has 0 saturated carbocycles. The van der Waals surface area contributed by atoms with Crippen LogP contribution in [0.25, 0.3) is 0 Å². The van der Waals surface area contributed by atoms with Crippen LogP contribution < -0.4 is 5.73 Å². The maximum atomic E-state index is 8.62. The molecule has 0 aliphatic rings. The van der Waals surface area contributed by atoms with Gasteiger partial charge in [-0.2, -0.15) is 5.26 Å². The average Bonchev–Trinajstić information content (AvgIpc) is 2.05. The number of nitrogens with zero attached hydrogens (tertiary/aromatic N) is 1. The molecule has 0 spiro atoms. The summed E-state index contributed by atoms with van der Waals surface area (Å²) in [5.74, 6) is 0. The van der Waals surface area contributed by atoms with Crippen molar-refractivity contribution in [2.75, 3.05) is 0 Å². The third-order valence-corrected chi connectivity index (χ3v) is 2.36. The molecule has 0 saturated heterocycles. The fraction of sp³-hybridized carbons (Fsp3) is 0.125. The van der Waals surface area contributed by atoms with E-state index in [0.717, 1.165) is 10.0 Å². The van der Waals surface area contributed by atoms with Gasteiger partial charge in [0, 0.05) is 11.0 Å². The predicted octanol–water partition coefficient (Wildman–Crippen LogP) is 2.20. The monoisotopic (exact) mass is 246 g/mol. The molecule has 1 rings (SSSR count). The van der Waals surface area contributed by atoms with Gasteiger partial charge in [0.2, 0.25) is 0 Å². The van der Waals surface area contributed by atoms with E-state index in [4.69, 9.17) is 11.0 Å². The lowest BCUT2D eigenvalue weighted by Crippen LogP contribution is -1.97. The van der Waals surface area contributed by atoms with Gasteiger partial charge in [-0.05, 0) is 27.6 Å². The molecule has 0 bridgehead atoms. The lowest BCUT2D eigenvalue weighted by atomic mass is 10.1. The molecule has 12 heavy (non-hydrogen) atoms. The maximum Gasteiger partial charge on any atom is 0.100 e. The molecule has 0 aromatic heterocycles. The molecule has 2 N–H and O–H groups in total. The smallest absolute Gasteiger partial charge is 0.100 e.